The Morgan fingerprint density at radius 3 is 3.00 bits per heavy atom. The summed E-state index contributed by atoms with van der Waals surface area (Å²) in [5.74, 6) is 2.23. The van der Waals surface area contributed by atoms with E-state index in [4.69, 9.17) is 4.52 Å². The van der Waals surface area contributed by atoms with Gasteiger partial charge in [0, 0.05) is 30.3 Å². The lowest BCUT2D eigenvalue weighted by Gasteiger charge is -2.07. The summed E-state index contributed by atoms with van der Waals surface area (Å²) in [6.45, 7) is 0.556. The molecule has 1 fully saturated rings. The molecule has 0 unspecified atom stereocenters. The highest BCUT2D eigenvalue weighted by atomic mass is 16.5. The summed E-state index contributed by atoms with van der Waals surface area (Å²) in [5.41, 5.74) is 2.02. The van der Waals surface area contributed by atoms with Crippen molar-refractivity contribution in [2.24, 2.45) is 0 Å². The molecule has 0 atom stereocenters. The Hall–Kier alpha value is -1.91. The number of aryl methyl sites for hydroxylation is 1. The Morgan fingerprint density at radius 2 is 2.21 bits per heavy atom. The van der Waals surface area contributed by atoms with Crippen molar-refractivity contribution in [2.75, 3.05) is 0 Å². The maximum absolute atomic E-state index is 11.8. The van der Waals surface area contributed by atoms with Gasteiger partial charge in [0.1, 0.15) is 6.54 Å². The minimum absolute atomic E-state index is 0.254. The van der Waals surface area contributed by atoms with Crippen LogP contribution in [0.2, 0.25) is 0 Å². The number of Topliss-reactive ketones (excluding diaryl/α,β-unsaturated/α-hetero) is 1. The minimum Gasteiger partial charge on any atom is -0.344 e. The van der Waals surface area contributed by atoms with Crippen molar-refractivity contribution in [2.45, 2.75) is 44.6 Å². The number of carbonyl (C=O) groups excluding carboxylic acids is 1. The van der Waals surface area contributed by atoms with Gasteiger partial charge in [0.25, 0.3) is 0 Å². The van der Waals surface area contributed by atoms with Crippen LogP contribution in [0.1, 0.15) is 59.2 Å². The Bertz CT molecular complexity index is 637. The predicted molar refractivity (Wildman–Crippen MR) is 67.1 cm³/mol. The van der Waals surface area contributed by atoms with Gasteiger partial charge in [-0.1, -0.05) is 5.16 Å². The first-order chi connectivity index (χ1) is 9.29. The van der Waals surface area contributed by atoms with Crippen LogP contribution in [0.5, 0.6) is 0 Å². The summed E-state index contributed by atoms with van der Waals surface area (Å²) < 4.78 is 7.25. The molecule has 0 amide bonds. The number of rotatable bonds is 3. The molecule has 19 heavy (non-hydrogen) atoms. The van der Waals surface area contributed by atoms with E-state index in [1.165, 1.54) is 12.8 Å². The Labute approximate surface area is 110 Å². The van der Waals surface area contributed by atoms with Crippen molar-refractivity contribution in [1.29, 1.82) is 0 Å². The second-order valence-corrected chi connectivity index (χ2v) is 5.47. The van der Waals surface area contributed by atoms with Crippen molar-refractivity contribution in [3.8, 4) is 0 Å². The van der Waals surface area contributed by atoms with Gasteiger partial charge in [0.05, 0.1) is 0 Å². The van der Waals surface area contributed by atoms with Crippen molar-refractivity contribution in [1.82, 2.24) is 14.7 Å². The molecule has 98 valence electrons. The number of nitrogens with zero attached hydrogens (tertiary/aromatic N) is 3. The van der Waals surface area contributed by atoms with Gasteiger partial charge in [0.15, 0.2) is 11.6 Å². The zero-order valence-corrected chi connectivity index (χ0v) is 10.6. The molecule has 0 bridgehead atoms. The highest BCUT2D eigenvalue weighted by Crippen LogP contribution is 2.38. The summed E-state index contributed by atoms with van der Waals surface area (Å²) >= 11 is 0. The zero-order chi connectivity index (χ0) is 12.8. The van der Waals surface area contributed by atoms with Crippen molar-refractivity contribution in [3.05, 3.63) is 35.2 Å². The molecule has 2 aromatic heterocycles. The average Bonchev–Trinajstić information content (AvgIpc) is 3.00. The fourth-order valence-electron chi connectivity index (χ4n) is 2.67. The Morgan fingerprint density at radius 1 is 1.32 bits per heavy atom. The lowest BCUT2D eigenvalue weighted by Crippen LogP contribution is -2.07. The van der Waals surface area contributed by atoms with E-state index in [0.29, 0.717) is 24.8 Å². The van der Waals surface area contributed by atoms with Crippen molar-refractivity contribution < 1.29 is 9.32 Å². The topological polar surface area (TPSA) is 60.9 Å². The third kappa shape index (κ3) is 1.99. The summed E-state index contributed by atoms with van der Waals surface area (Å²) in [6.07, 6.45) is 8.92. The second-order valence-electron chi connectivity index (χ2n) is 5.47. The third-order valence-electron chi connectivity index (χ3n) is 3.86. The molecule has 5 heteroatoms. The van der Waals surface area contributed by atoms with E-state index in [1.807, 2.05) is 17.0 Å². The fraction of sp³-hybridized carbons (Fsp3) is 0.500. The number of hydrogen-bond acceptors (Lipinski definition) is 4. The van der Waals surface area contributed by atoms with E-state index in [1.54, 1.807) is 0 Å². The molecule has 5 nitrogen and oxygen atoms in total. The van der Waals surface area contributed by atoms with Gasteiger partial charge in [-0.15, -0.1) is 0 Å². The molecular formula is C14H15N3O2. The Balaban J connectivity index is 1.57. The van der Waals surface area contributed by atoms with Crippen LogP contribution in [0.4, 0.5) is 0 Å². The van der Waals surface area contributed by atoms with Gasteiger partial charge >= 0.3 is 0 Å². The molecule has 2 aliphatic carbocycles. The quantitative estimate of drug-likeness (QED) is 0.846. The molecule has 1 saturated carbocycles. The maximum atomic E-state index is 11.8. The van der Waals surface area contributed by atoms with Crippen LogP contribution in [-0.2, 0) is 13.0 Å². The first-order valence-electron chi connectivity index (χ1n) is 6.84. The summed E-state index contributed by atoms with van der Waals surface area (Å²) in [7, 11) is 0. The molecule has 4 rings (SSSR count). The molecule has 2 aliphatic rings. The number of ketones is 1. The molecule has 0 spiro atoms. The van der Waals surface area contributed by atoms with Gasteiger partial charge < -0.3 is 9.09 Å². The largest absolute Gasteiger partial charge is 0.344 e. The molecule has 2 aromatic rings. The summed E-state index contributed by atoms with van der Waals surface area (Å²) in [6, 6.07) is 0. The highest BCUT2D eigenvalue weighted by Gasteiger charge is 2.28. The van der Waals surface area contributed by atoms with E-state index in [-0.39, 0.29) is 5.78 Å². The summed E-state index contributed by atoms with van der Waals surface area (Å²) in [4.78, 5) is 16.2. The molecule has 2 heterocycles. The van der Waals surface area contributed by atoms with Crippen LogP contribution >= 0.6 is 0 Å². The van der Waals surface area contributed by atoms with E-state index < -0.39 is 0 Å². The van der Waals surface area contributed by atoms with Crippen LogP contribution in [0.15, 0.2) is 16.9 Å². The van der Waals surface area contributed by atoms with Gasteiger partial charge in [-0.25, -0.2) is 0 Å². The standard InChI is InChI=1S/C14H15N3O2/c18-12-3-1-2-10-6-17(7-11(10)12)8-13-15-14(16-19-13)9-4-5-9/h6-7,9H,1-5,8H2. The minimum atomic E-state index is 0.254. The SMILES string of the molecule is O=C1CCCc2cn(Cc3nc(C4CC4)no3)cc21. The lowest BCUT2D eigenvalue weighted by atomic mass is 9.95. The predicted octanol–water partition coefficient (Wildman–Crippen LogP) is 2.32. The van der Waals surface area contributed by atoms with Crippen molar-refractivity contribution >= 4 is 5.78 Å². The van der Waals surface area contributed by atoms with Gasteiger partial charge in [-0.05, 0) is 31.2 Å². The van der Waals surface area contributed by atoms with Crippen LogP contribution in [0.3, 0.4) is 0 Å². The molecule has 0 aliphatic heterocycles. The summed E-state index contributed by atoms with van der Waals surface area (Å²) in [5, 5.41) is 4.00. The van der Waals surface area contributed by atoms with Gasteiger partial charge in [-0.2, -0.15) is 4.98 Å². The monoisotopic (exact) mass is 257 g/mol. The third-order valence-corrected chi connectivity index (χ3v) is 3.86. The van der Waals surface area contributed by atoms with E-state index >= 15 is 0 Å². The average molecular weight is 257 g/mol. The molecular weight excluding hydrogens is 242 g/mol. The number of carbonyl (C=O) groups is 1. The zero-order valence-electron chi connectivity index (χ0n) is 10.6. The van der Waals surface area contributed by atoms with Crippen molar-refractivity contribution in [3.63, 3.8) is 0 Å². The first kappa shape index (κ1) is 11.0. The molecule has 0 N–H and O–H groups in total. The van der Waals surface area contributed by atoms with Gasteiger partial charge in [-0.3, -0.25) is 4.79 Å². The fourth-order valence-corrected chi connectivity index (χ4v) is 2.67. The van der Waals surface area contributed by atoms with Crippen LogP contribution in [0.25, 0.3) is 0 Å². The highest BCUT2D eigenvalue weighted by molar-refractivity contribution is 5.98. The van der Waals surface area contributed by atoms with Gasteiger partial charge in [0.2, 0.25) is 5.89 Å². The number of aromatic nitrogens is 3. The van der Waals surface area contributed by atoms with E-state index in [0.717, 1.165) is 29.8 Å². The normalized spacial score (nSPS) is 18.6. The smallest absolute Gasteiger partial charge is 0.246 e. The number of hydrogen-bond donors (Lipinski definition) is 0. The van der Waals surface area contributed by atoms with Crippen LogP contribution in [0, 0.1) is 0 Å². The maximum Gasteiger partial charge on any atom is 0.246 e. The van der Waals surface area contributed by atoms with E-state index in [2.05, 4.69) is 10.1 Å². The molecule has 0 radical (unpaired) electrons. The van der Waals surface area contributed by atoms with Crippen LogP contribution < -0.4 is 0 Å². The number of fused-ring (bicyclic) bond motifs is 1. The second kappa shape index (κ2) is 4.05. The van der Waals surface area contributed by atoms with Crippen LogP contribution in [-0.4, -0.2) is 20.5 Å². The molecule has 0 aromatic carbocycles. The van der Waals surface area contributed by atoms with E-state index in [9.17, 15) is 4.79 Å². The molecule has 0 saturated heterocycles. The Kier molecular flexibility index (Phi) is 2.33. The lowest BCUT2D eigenvalue weighted by molar-refractivity contribution is 0.0973. The first-order valence-corrected chi connectivity index (χ1v) is 6.84.